The van der Waals surface area contributed by atoms with Crippen LogP contribution in [0.5, 0.6) is 5.75 Å². The highest BCUT2D eigenvalue weighted by Crippen LogP contribution is 2.16. The number of benzene rings is 1. The minimum atomic E-state index is -0.824. The lowest BCUT2D eigenvalue weighted by Crippen LogP contribution is -2.42. The first kappa shape index (κ1) is 21.7. The predicted molar refractivity (Wildman–Crippen MR) is 88.5 cm³/mol. The van der Waals surface area contributed by atoms with Crippen LogP contribution in [0.3, 0.4) is 0 Å². The molecular weight excluding hydrogens is 324 g/mol. The molecule has 23 heavy (non-hydrogen) atoms. The predicted octanol–water partition coefficient (Wildman–Crippen LogP) is 0.558. The molecule has 2 rings (SSSR count). The fraction of sp³-hybridized carbons (Fsp3) is 0.500. The van der Waals surface area contributed by atoms with Gasteiger partial charge in [-0.05, 0) is 36.6 Å². The molecule has 8 nitrogen and oxygen atoms in total. The van der Waals surface area contributed by atoms with Crippen LogP contribution in [-0.4, -0.2) is 68.3 Å². The molecule has 0 saturated carbocycles. The average molecular weight is 348 g/mol. The van der Waals surface area contributed by atoms with Crippen LogP contribution in [-0.2, 0) is 4.74 Å². The number of aliphatic hydroxyl groups excluding tert-OH is 2. The van der Waals surface area contributed by atoms with E-state index < -0.39 is 12.2 Å². The van der Waals surface area contributed by atoms with E-state index in [0.29, 0.717) is 18.5 Å². The molecule has 132 valence electrons. The standard InChI is InChI=1S/C7H15NO5.C6H7NO.CH2S/c9-6-3-5(1-2-8(11)12)13-4-7(6)10;7-5-1-3-6(8)4-2-5;1-2/h5-7,9-12H,1-4H2;1-4,8H,7H2;1H2. The molecule has 0 radical (unpaired) electrons. The molecule has 0 bridgehead atoms. The first-order chi connectivity index (χ1) is 10.9. The topological polar surface area (TPSA) is 140 Å². The van der Waals surface area contributed by atoms with Gasteiger partial charge in [-0.3, -0.25) is 10.4 Å². The highest BCUT2D eigenvalue weighted by atomic mass is 32.1. The van der Waals surface area contributed by atoms with Crippen LogP contribution in [0.25, 0.3) is 0 Å². The van der Waals surface area contributed by atoms with Crippen molar-refractivity contribution in [2.45, 2.75) is 31.2 Å². The maximum absolute atomic E-state index is 9.24. The van der Waals surface area contributed by atoms with Crippen molar-refractivity contribution < 1.29 is 30.5 Å². The Hall–Kier alpha value is -1.33. The monoisotopic (exact) mass is 348 g/mol. The van der Waals surface area contributed by atoms with Gasteiger partial charge in [0.15, 0.2) is 0 Å². The Bertz CT molecular complexity index is 399. The van der Waals surface area contributed by atoms with E-state index in [1.54, 1.807) is 24.3 Å². The Morgan fingerprint density at radius 3 is 2.17 bits per heavy atom. The number of rotatable bonds is 3. The molecule has 1 aromatic rings. The fourth-order valence-electron chi connectivity index (χ4n) is 1.78. The molecule has 1 saturated heterocycles. The molecule has 1 aliphatic rings. The molecule has 1 aromatic carbocycles. The summed E-state index contributed by atoms with van der Waals surface area (Å²) in [5, 5.41) is 44.0. The van der Waals surface area contributed by atoms with Gasteiger partial charge in [-0.2, -0.15) is 0 Å². The van der Waals surface area contributed by atoms with Crippen molar-refractivity contribution in [3.8, 4) is 5.75 Å². The van der Waals surface area contributed by atoms with Crippen LogP contribution in [0.15, 0.2) is 24.3 Å². The van der Waals surface area contributed by atoms with Crippen molar-refractivity contribution in [1.29, 1.82) is 0 Å². The minimum absolute atomic E-state index is 0.0630. The average Bonchev–Trinajstić information content (AvgIpc) is 2.54. The second-order valence-electron chi connectivity index (χ2n) is 4.80. The van der Waals surface area contributed by atoms with Crippen molar-refractivity contribution in [1.82, 2.24) is 5.23 Å². The SMILES string of the molecule is C=S.Nc1ccc(O)cc1.OC1COC(CCN(O)O)CC1O. The van der Waals surface area contributed by atoms with Gasteiger partial charge in [-0.15, -0.1) is 0 Å². The Labute approximate surface area is 140 Å². The van der Waals surface area contributed by atoms with Crippen molar-refractivity contribution in [3.05, 3.63) is 24.3 Å². The molecule has 0 aliphatic carbocycles. The Kier molecular flexibility index (Phi) is 11.4. The molecular formula is C14H24N2O6S. The second kappa shape index (κ2) is 12.1. The largest absolute Gasteiger partial charge is 0.508 e. The number of ether oxygens (including phenoxy) is 1. The van der Waals surface area contributed by atoms with Gasteiger partial charge in [0, 0.05) is 12.1 Å². The quantitative estimate of drug-likeness (QED) is 0.200. The number of nitrogens with two attached hydrogens (primary N) is 1. The summed E-state index contributed by atoms with van der Waals surface area (Å²) in [7, 11) is 0. The van der Waals surface area contributed by atoms with E-state index in [1.165, 1.54) is 0 Å². The van der Waals surface area contributed by atoms with Crippen LogP contribution in [0.2, 0.25) is 0 Å². The number of thiocarbonyl (C=S) groups is 1. The number of anilines is 1. The summed E-state index contributed by atoms with van der Waals surface area (Å²) in [6, 6.07) is 6.40. The van der Waals surface area contributed by atoms with Gasteiger partial charge in [0.25, 0.3) is 0 Å². The molecule has 1 fully saturated rings. The second-order valence-corrected chi connectivity index (χ2v) is 4.80. The van der Waals surface area contributed by atoms with E-state index in [2.05, 4.69) is 18.1 Å². The summed E-state index contributed by atoms with van der Waals surface area (Å²) in [5.74, 6) is 3.08. The van der Waals surface area contributed by atoms with Crippen LogP contribution in [0, 0.1) is 0 Å². The lowest BCUT2D eigenvalue weighted by molar-refractivity contribution is -0.309. The van der Waals surface area contributed by atoms with E-state index >= 15 is 0 Å². The third-order valence-electron chi connectivity index (χ3n) is 3.00. The molecule has 1 heterocycles. The zero-order chi connectivity index (χ0) is 17.8. The maximum Gasteiger partial charge on any atom is 0.115 e. The van der Waals surface area contributed by atoms with Gasteiger partial charge in [-0.25, -0.2) is 0 Å². The van der Waals surface area contributed by atoms with Gasteiger partial charge in [0.1, 0.15) is 11.9 Å². The van der Waals surface area contributed by atoms with Crippen molar-refractivity contribution in [3.63, 3.8) is 0 Å². The van der Waals surface area contributed by atoms with E-state index in [9.17, 15) is 5.11 Å². The Morgan fingerprint density at radius 2 is 1.74 bits per heavy atom. The van der Waals surface area contributed by atoms with Gasteiger partial charge < -0.3 is 25.8 Å². The van der Waals surface area contributed by atoms with Crippen LogP contribution in [0.4, 0.5) is 5.69 Å². The van der Waals surface area contributed by atoms with E-state index in [0.717, 1.165) is 0 Å². The summed E-state index contributed by atoms with van der Waals surface area (Å²) in [6.45, 7) is 0.163. The third kappa shape index (κ3) is 10.1. The Balaban J connectivity index is 0.000000414. The number of nitrogen functional groups attached to an aromatic ring is 1. The normalized spacial score (nSPS) is 23.3. The molecule has 0 aromatic heterocycles. The molecule has 3 atom stereocenters. The molecule has 1 aliphatic heterocycles. The molecule has 3 unspecified atom stereocenters. The number of hydrogen-bond donors (Lipinski definition) is 6. The van der Waals surface area contributed by atoms with E-state index in [1.807, 2.05) is 0 Å². The number of aromatic hydroxyl groups is 1. The van der Waals surface area contributed by atoms with Gasteiger partial charge in [0.2, 0.25) is 0 Å². The zero-order valence-corrected chi connectivity index (χ0v) is 13.5. The number of aliphatic hydroxyl groups is 2. The smallest absolute Gasteiger partial charge is 0.115 e. The van der Waals surface area contributed by atoms with Crippen LogP contribution in [0.1, 0.15) is 12.8 Å². The third-order valence-corrected chi connectivity index (χ3v) is 3.00. The highest BCUT2D eigenvalue weighted by Gasteiger charge is 2.28. The number of hydroxylamine groups is 2. The summed E-state index contributed by atoms with van der Waals surface area (Å²) in [4.78, 5) is 0. The van der Waals surface area contributed by atoms with Crippen molar-refractivity contribution in [2.75, 3.05) is 18.9 Å². The molecule has 7 N–H and O–H groups in total. The van der Waals surface area contributed by atoms with Crippen molar-refractivity contribution >= 4 is 23.8 Å². The van der Waals surface area contributed by atoms with Gasteiger partial charge in [-0.1, -0.05) is 17.4 Å². The van der Waals surface area contributed by atoms with Crippen molar-refractivity contribution in [2.24, 2.45) is 0 Å². The van der Waals surface area contributed by atoms with E-state index in [-0.39, 0.29) is 30.2 Å². The molecule has 0 amide bonds. The number of phenolic OH excluding ortho intramolecular Hbond substituents is 1. The van der Waals surface area contributed by atoms with Crippen LogP contribution >= 0.6 is 12.2 Å². The number of hydrogen-bond acceptors (Lipinski definition) is 9. The van der Waals surface area contributed by atoms with Crippen LogP contribution < -0.4 is 5.73 Å². The first-order valence-electron chi connectivity index (χ1n) is 6.85. The Morgan fingerprint density at radius 1 is 1.17 bits per heavy atom. The summed E-state index contributed by atoms with van der Waals surface area (Å²) < 4.78 is 5.15. The zero-order valence-electron chi connectivity index (χ0n) is 12.7. The number of nitrogens with zero attached hydrogens (tertiary/aromatic N) is 1. The van der Waals surface area contributed by atoms with E-state index in [4.69, 9.17) is 31.1 Å². The maximum atomic E-state index is 9.24. The summed E-state index contributed by atoms with van der Waals surface area (Å²) >= 11 is 3.83. The minimum Gasteiger partial charge on any atom is -0.508 e. The number of phenols is 1. The summed E-state index contributed by atoms with van der Waals surface area (Å²) in [5.41, 5.74) is 5.98. The molecule has 0 spiro atoms. The lowest BCUT2D eigenvalue weighted by Gasteiger charge is -2.30. The van der Waals surface area contributed by atoms with Gasteiger partial charge >= 0.3 is 0 Å². The summed E-state index contributed by atoms with van der Waals surface area (Å²) in [6.07, 6.45) is -1.08. The lowest BCUT2D eigenvalue weighted by atomic mass is 10.0. The highest BCUT2D eigenvalue weighted by molar-refractivity contribution is 7.77. The fourth-order valence-corrected chi connectivity index (χ4v) is 1.78. The first-order valence-corrected chi connectivity index (χ1v) is 7.42. The van der Waals surface area contributed by atoms with Gasteiger partial charge in [0.05, 0.1) is 25.4 Å². The molecule has 9 heteroatoms.